The van der Waals surface area contributed by atoms with Crippen LogP contribution < -0.4 is 4.72 Å². The van der Waals surface area contributed by atoms with Crippen molar-refractivity contribution in [2.75, 3.05) is 5.75 Å². The van der Waals surface area contributed by atoms with Gasteiger partial charge in [0.05, 0.1) is 18.4 Å². The summed E-state index contributed by atoms with van der Waals surface area (Å²) >= 11 is 0. The first kappa shape index (κ1) is 13.7. The summed E-state index contributed by atoms with van der Waals surface area (Å²) in [6, 6.07) is 0. The van der Waals surface area contributed by atoms with Crippen LogP contribution in [0, 0.1) is 6.92 Å². The molecule has 1 rings (SSSR count). The van der Waals surface area contributed by atoms with Crippen LogP contribution >= 0.6 is 0 Å². The number of sulfonamides is 1. The van der Waals surface area contributed by atoms with Crippen LogP contribution in [-0.4, -0.2) is 35.0 Å². The Bertz CT molecular complexity index is 506. The molecule has 0 atom stereocenters. The standard InChI is InChI=1S/C9H15N3O4S/c1-7-8(5-10-12(7)2)6-11-17(15,16)4-3-9(13)14/h5,11H,3-4,6H2,1-2H3,(H,13,14). The fourth-order valence-electron chi connectivity index (χ4n) is 1.20. The highest BCUT2D eigenvalue weighted by atomic mass is 32.2. The molecule has 0 aliphatic carbocycles. The first-order valence-corrected chi connectivity index (χ1v) is 6.63. The van der Waals surface area contributed by atoms with Crippen LogP contribution in [0.25, 0.3) is 0 Å². The normalized spacial score (nSPS) is 11.6. The molecular weight excluding hydrogens is 246 g/mol. The summed E-state index contributed by atoms with van der Waals surface area (Å²) in [5.74, 6) is -1.55. The van der Waals surface area contributed by atoms with E-state index in [1.54, 1.807) is 17.9 Å². The Morgan fingerprint density at radius 1 is 1.59 bits per heavy atom. The Balaban J connectivity index is 2.55. The third-order valence-electron chi connectivity index (χ3n) is 2.40. The highest BCUT2D eigenvalue weighted by Crippen LogP contribution is 2.05. The fraction of sp³-hybridized carbons (Fsp3) is 0.556. The lowest BCUT2D eigenvalue weighted by atomic mass is 10.3. The highest BCUT2D eigenvalue weighted by Gasteiger charge is 2.13. The molecule has 0 aliphatic rings. The molecule has 2 N–H and O–H groups in total. The number of aromatic nitrogens is 2. The molecule has 0 aliphatic heterocycles. The van der Waals surface area contributed by atoms with Crippen LogP contribution in [0.4, 0.5) is 0 Å². The first-order chi connectivity index (χ1) is 7.82. The highest BCUT2D eigenvalue weighted by molar-refractivity contribution is 7.89. The summed E-state index contributed by atoms with van der Waals surface area (Å²) in [5, 5.41) is 12.4. The van der Waals surface area contributed by atoms with Crippen molar-refractivity contribution in [3.63, 3.8) is 0 Å². The third kappa shape index (κ3) is 4.16. The number of rotatable bonds is 6. The third-order valence-corrected chi connectivity index (χ3v) is 3.73. The minimum absolute atomic E-state index is 0.127. The molecule has 0 bridgehead atoms. The summed E-state index contributed by atoms with van der Waals surface area (Å²) < 4.78 is 26.8. The summed E-state index contributed by atoms with van der Waals surface area (Å²) in [7, 11) is -1.79. The second-order valence-electron chi connectivity index (χ2n) is 3.66. The first-order valence-electron chi connectivity index (χ1n) is 4.98. The van der Waals surface area contributed by atoms with E-state index in [0.717, 1.165) is 11.3 Å². The molecule has 0 aromatic carbocycles. The molecule has 7 nitrogen and oxygen atoms in total. The van der Waals surface area contributed by atoms with Gasteiger partial charge in [0.2, 0.25) is 10.0 Å². The second-order valence-corrected chi connectivity index (χ2v) is 5.59. The molecule has 1 aromatic heterocycles. The van der Waals surface area contributed by atoms with Crippen LogP contribution in [0.1, 0.15) is 17.7 Å². The number of nitrogens with one attached hydrogen (secondary N) is 1. The van der Waals surface area contributed by atoms with Gasteiger partial charge in [-0.25, -0.2) is 13.1 Å². The van der Waals surface area contributed by atoms with Crippen LogP contribution in [0.5, 0.6) is 0 Å². The molecule has 0 amide bonds. The van der Waals surface area contributed by atoms with E-state index in [1.807, 2.05) is 6.92 Å². The number of hydrogen-bond donors (Lipinski definition) is 2. The Morgan fingerprint density at radius 3 is 2.71 bits per heavy atom. The van der Waals surface area contributed by atoms with Crippen molar-refractivity contribution in [2.24, 2.45) is 7.05 Å². The average Bonchev–Trinajstić information content (AvgIpc) is 2.55. The van der Waals surface area contributed by atoms with Crippen LogP contribution in [-0.2, 0) is 28.4 Å². The number of aryl methyl sites for hydroxylation is 1. The molecule has 0 saturated carbocycles. The summed E-state index contributed by atoms with van der Waals surface area (Å²) in [6.07, 6.45) is 1.18. The number of nitrogens with zero attached hydrogens (tertiary/aromatic N) is 2. The summed E-state index contributed by atoms with van der Waals surface area (Å²) in [5.41, 5.74) is 1.64. The largest absolute Gasteiger partial charge is 0.481 e. The maximum atomic E-state index is 11.4. The maximum Gasteiger partial charge on any atom is 0.304 e. The molecule has 17 heavy (non-hydrogen) atoms. The van der Waals surface area contributed by atoms with Gasteiger partial charge in [-0.2, -0.15) is 5.10 Å². The van der Waals surface area contributed by atoms with Gasteiger partial charge in [0.25, 0.3) is 0 Å². The lowest BCUT2D eigenvalue weighted by molar-refractivity contribution is -0.136. The van der Waals surface area contributed by atoms with Gasteiger partial charge in [-0.05, 0) is 6.92 Å². The van der Waals surface area contributed by atoms with Crippen molar-refractivity contribution in [1.82, 2.24) is 14.5 Å². The quantitative estimate of drug-likeness (QED) is 0.727. The van der Waals surface area contributed by atoms with Crippen molar-refractivity contribution in [3.05, 3.63) is 17.5 Å². The van der Waals surface area contributed by atoms with Gasteiger partial charge in [-0.15, -0.1) is 0 Å². The zero-order valence-corrected chi connectivity index (χ0v) is 10.5. The van der Waals surface area contributed by atoms with Crippen molar-refractivity contribution in [3.8, 4) is 0 Å². The van der Waals surface area contributed by atoms with Gasteiger partial charge in [0, 0.05) is 24.8 Å². The number of carbonyl (C=O) groups is 1. The number of carboxylic acid groups (broad SMARTS) is 1. The zero-order chi connectivity index (χ0) is 13.1. The molecule has 8 heteroatoms. The van der Waals surface area contributed by atoms with E-state index in [9.17, 15) is 13.2 Å². The molecule has 0 radical (unpaired) electrons. The minimum atomic E-state index is -3.55. The van der Waals surface area contributed by atoms with Crippen molar-refractivity contribution in [1.29, 1.82) is 0 Å². The van der Waals surface area contributed by atoms with Gasteiger partial charge >= 0.3 is 5.97 Å². The molecule has 0 saturated heterocycles. The fourth-order valence-corrected chi connectivity index (χ4v) is 2.16. The van der Waals surface area contributed by atoms with E-state index < -0.39 is 28.2 Å². The lowest BCUT2D eigenvalue weighted by Crippen LogP contribution is -2.27. The van der Waals surface area contributed by atoms with Crippen molar-refractivity contribution in [2.45, 2.75) is 19.9 Å². The number of aliphatic carboxylic acids is 1. The molecule has 96 valence electrons. The van der Waals surface area contributed by atoms with Crippen molar-refractivity contribution < 1.29 is 18.3 Å². The molecule has 0 unspecified atom stereocenters. The molecule has 0 spiro atoms. The number of carboxylic acids is 1. The Kier molecular flexibility index (Phi) is 4.24. The van der Waals surface area contributed by atoms with Gasteiger partial charge in [-0.1, -0.05) is 0 Å². The van der Waals surface area contributed by atoms with Gasteiger partial charge < -0.3 is 5.11 Å². The van der Waals surface area contributed by atoms with E-state index in [0.29, 0.717) is 0 Å². The average molecular weight is 261 g/mol. The molecule has 1 heterocycles. The topological polar surface area (TPSA) is 101 Å². The smallest absolute Gasteiger partial charge is 0.304 e. The van der Waals surface area contributed by atoms with Crippen molar-refractivity contribution >= 4 is 16.0 Å². The van der Waals surface area contributed by atoms with E-state index in [1.165, 1.54) is 0 Å². The number of hydrogen-bond acceptors (Lipinski definition) is 4. The van der Waals surface area contributed by atoms with Gasteiger partial charge in [0.1, 0.15) is 0 Å². The van der Waals surface area contributed by atoms with Crippen LogP contribution in [0.15, 0.2) is 6.20 Å². The molecular formula is C9H15N3O4S. The SMILES string of the molecule is Cc1c(CNS(=O)(=O)CCC(=O)O)cnn1C. The minimum Gasteiger partial charge on any atom is -0.481 e. The van der Waals surface area contributed by atoms with E-state index >= 15 is 0 Å². The zero-order valence-electron chi connectivity index (χ0n) is 9.67. The van der Waals surface area contributed by atoms with E-state index in [4.69, 9.17) is 5.11 Å². The van der Waals surface area contributed by atoms with E-state index in [2.05, 4.69) is 9.82 Å². The summed E-state index contributed by atoms with van der Waals surface area (Å²) in [6.45, 7) is 1.95. The summed E-state index contributed by atoms with van der Waals surface area (Å²) in [4.78, 5) is 10.3. The Morgan fingerprint density at radius 2 is 2.24 bits per heavy atom. The van der Waals surface area contributed by atoms with E-state index in [-0.39, 0.29) is 6.54 Å². The predicted molar refractivity (Wildman–Crippen MR) is 60.8 cm³/mol. The van der Waals surface area contributed by atoms with Crippen LogP contribution in [0.3, 0.4) is 0 Å². The molecule has 0 fully saturated rings. The maximum absolute atomic E-state index is 11.4. The second kappa shape index (κ2) is 5.28. The lowest BCUT2D eigenvalue weighted by Gasteiger charge is -2.05. The van der Waals surface area contributed by atoms with Gasteiger partial charge in [0.15, 0.2) is 0 Å². The van der Waals surface area contributed by atoms with Gasteiger partial charge in [-0.3, -0.25) is 9.48 Å². The van der Waals surface area contributed by atoms with Crippen LogP contribution in [0.2, 0.25) is 0 Å². The monoisotopic (exact) mass is 261 g/mol. The Hall–Kier alpha value is -1.41. The molecule has 1 aromatic rings. The Labute approximate surface area is 99.5 Å². The predicted octanol–water partition coefficient (Wildman–Crippen LogP) is -0.377.